The number of carbonyl (C=O) groups excluding carboxylic acids is 5. The van der Waals surface area contributed by atoms with Gasteiger partial charge < -0.3 is 20.3 Å². The number of ether oxygens (including phenoxy) is 2. The molecular weight excluding hydrogens is 626 g/mol. The molecule has 0 radical (unpaired) electrons. The van der Waals surface area contributed by atoms with Crippen LogP contribution in [-0.2, 0) is 24.6 Å². The van der Waals surface area contributed by atoms with Crippen molar-refractivity contribution in [3.8, 4) is 17.2 Å². The maximum atomic E-state index is 15.3. The molecule has 2 saturated heterocycles. The van der Waals surface area contributed by atoms with Crippen LogP contribution < -0.4 is 20.1 Å². The molecule has 2 heterocycles. The highest BCUT2D eigenvalue weighted by Gasteiger charge is 2.71. The normalized spacial score (nSPS) is 28.1. The van der Waals surface area contributed by atoms with Gasteiger partial charge in [-0.1, -0.05) is 59.6 Å². The Kier molecular flexibility index (Phi) is 7.12. The maximum absolute atomic E-state index is 15.3. The van der Waals surface area contributed by atoms with Crippen molar-refractivity contribution in [2.75, 3.05) is 19.1 Å². The second kappa shape index (κ2) is 11.0. The van der Waals surface area contributed by atoms with Crippen molar-refractivity contribution in [3.05, 3.63) is 94.5 Å². The van der Waals surface area contributed by atoms with Crippen LogP contribution in [-0.4, -0.2) is 53.9 Å². The number of allylic oxidation sites excluding steroid dienone is 2. The van der Waals surface area contributed by atoms with Crippen LogP contribution in [0, 0.1) is 23.7 Å². The molecule has 3 aromatic carbocycles. The molecule has 3 aromatic rings. The predicted octanol–water partition coefficient (Wildman–Crippen LogP) is 4.30. The highest BCUT2D eigenvalue weighted by atomic mass is 35.5. The first-order valence-electron chi connectivity index (χ1n) is 15.1. The third-order valence-corrected chi connectivity index (χ3v) is 10.5. The first-order chi connectivity index (χ1) is 22.6. The van der Waals surface area contributed by atoms with E-state index in [9.17, 15) is 24.3 Å². The molecule has 240 valence electrons. The number of hydrogen-bond acceptors (Lipinski definition) is 8. The van der Waals surface area contributed by atoms with Gasteiger partial charge in [-0.05, 0) is 42.5 Å². The van der Waals surface area contributed by atoms with Crippen LogP contribution in [0.4, 0.5) is 10.5 Å². The van der Waals surface area contributed by atoms with Gasteiger partial charge in [0.05, 0.1) is 43.1 Å². The molecule has 6 atom stereocenters. The fourth-order valence-electron chi connectivity index (χ4n) is 8.44. The highest BCUT2D eigenvalue weighted by Crippen LogP contribution is 2.66. The van der Waals surface area contributed by atoms with E-state index in [-0.39, 0.29) is 35.6 Å². The average molecular weight is 656 g/mol. The number of nitrogens with two attached hydrogens (primary N) is 1. The molecule has 11 nitrogen and oxygen atoms in total. The van der Waals surface area contributed by atoms with Gasteiger partial charge in [0, 0.05) is 28.6 Å². The van der Waals surface area contributed by atoms with E-state index in [1.165, 1.54) is 26.4 Å². The zero-order valence-corrected chi connectivity index (χ0v) is 26.1. The molecule has 0 spiro atoms. The van der Waals surface area contributed by atoms with Gasteiger partial charge in [-0.15, -0.1) is 0 Å². The summed E-state index contributed by atoms with van der Waals surface area (Å²) in [4.78, 5) is 70.9. The lowest BCUT2D eigenvalue weighted by atomic mass is 9.49. The third-order valence-electron chi connectivity index (χ3n) is 10.2. The number of methoxy groups -OCH3 is 2. The molecule has 3 fully saturated rings. The standard InChI is InChI=1S/C35H30ClN3O8/c1-46-20-14-25(40)28(26(15-20)47-2)29-21-11-12-22-27(32(43)39(30(22)41)34(37)45)23(21)16-24-31(42)38(19-10-6-9-18(36)13-19)33(44)35(24,29)17-7-4-3-5-8-17/h3-11,13-15,22-24,27,29,40H,12,16H2,1-2H3,(H2,37,45)/t22-,23+,24-,27-,29+,35+/m0/s1. The fourth-order valence-corrected chi connectivity index (χ4v) is 8.62. The number of nitrogens with zero attached hydrogens (tertiary/aromatic N) is 2. The Balaban J connectivity index is 1.55. The number of carbonyl (C=O) groups is 5. The second-order valence-corrected chi connectivity index (χ2v) is 12.6. The quantitative estimate of drug-likeness (QED) is 0.304. The van der Waals surface area contributed by atoms with E-state index < -0.39 is 64.7 Å². The third kappa shape index (κ3) is 4.15. The first-order valence-corrected chi connectivity index (χ1v) is 15.5. The van der Waals surface area contributed by atoms with E-state index in [2.05, 4.69) is 0 Å². The summed E-state index contributed by atoms with van der Waals surface area (Å²) in [6, 6.07) is 17.1. The Morgan fingerprint density at radius 3 is 2.34 bits per heavy atom. The number of phenolic OH excluding ortho intramolecular Hbond substituents is 1. The van der Waals surface area contributed by atoms with Crippen molar-refractivity contribution in [2.24, 2.45) is 29.4 Å². The van der Waals surface area contributed by atoms with Gasteiger partial charge in [-0.2, -0.15) is 4.90 Å². The number of urea groups is 1. The van der Waals surface area contributed by atoms with Gasteiger partial charge in [0.1, 0.15) is 17.2 Å². The zero-order chi connectivity index (χ0) is 33.4. The first kappa shape index (κ1) is 30.5. The molecule has 0 bridgehead atoms. The number of hydrogen-bond donors (Lipinski definition) is 2. The molecule has 2 aliphatic carbocycles. The van der Waals surface area contributed by atoms with Gasteiger partial charge in [-0.25, -0.2) is 9.69 Å². The molecule has 12 heteroatoms. The summed E-state index contributed by atoms with van der Waals surface area (Å²) in [5, 5.41) is 12.0. The van der Waals surface area contributed by atoms with Crippen LogP contribution in [0.5, 0.6) is 17.2 Å². The SMILES string of the molecule is COc1cc(O)c([C@H]2C3=CC[C@@H]4C(=O)N(C(N)=O)C(=O)[C@@H]4[C@@H]3C[C@H]3C(=O)N(c4cccc(Cl)c4)C(=O)[C@@]23c2ccccc2)c(OC)c1. The Morgan fingerprint density at radius 2 is 1.68 bits per heavy atom. The Bertz CT molecular complexity index is 1910. The minimum Gasteiger partial charge on any atom is -0.507 e. The minimum absolute atomic E-state index is 0.00485. The summed E-state index contributed by atoms with van der Waals surface area (Å²) in [5.41, 5.74) is 5.42. The van der Waals surface area contributed by atoms with E-state index in [1.807, 2.05) is 0 Å². The molecule has 0 unspecified atom stereocenters. The van der Waals surface area contributed by atoms with Crippen LogP contribution in [0.15, 0.2) is 78.4 Å². The van der Waals surface area contributed by atoms with Gasteiger partial charge in [0.25, 0.3) is 0 Å². The van der Waals surface area contributed by atoms with Crippen LogP contribution in [0.3, 0.4) is 0 Å². The summed E-state index contributed by atoms with van der Waals surface area (Å²) in [7, 11) is 2.85. The number of halogens is 1. The predicted molar refractivity (Wildman–Crippen MR) is 169 cm³/mol. The molecule has 6 amide bonds. The van der Waals surface area contributed by atoms with Crippen molar-refractivity contribution in [2.45, 2.75) is 24.2 Å². The van der Waals surface area contributed by atoms with Crippen LogP contribution >= 0.6 is 11.6 Å². The summed E-state index contributed by atoms with van der Waals surface area (Å²) in [6.45, 7) is 0. The van der Waals surface area contributed by atoms with Gasteiger partial charge >= 0.3 is 6.03 Å². The van der Waals surface area contributed by atoms with Crippen LogP contribution in [0.1, 0.15) is 29.9 Å². The van der Waals surface area contributed by atoms with Gasteiger partial charge in [-0.3, -0.25) is 19.2 Å². The van der Waals surface area contributed by atoms with Gasteiger partial charge in [0.15, 0.2) is 0 Å². The molecule has 7 rings (SSSR count). The summed E-state index contributed by atoms with van der Waals surface area (Å²) >= 11 is 6.33. The number of anilines is 1. The number of primary amides is 1. The number of rotatable bonds is 5. The minimum atomic E-state index is -1.63. The summed E-state index contributed by atoms with van der Waals surface area (Å²) in [6.07, 6.45) is 1.89. The average Bonchev–Trinajstić information content (AvgIpc) is 3.45. The lowest BCUT2D eigenvalue weighted by Gasteiger charge is -2.51. The van der Waals surface area contributed by atoms with Crippen molar-refractivity contribution >= 4 is 46.9 Å². The monoisotopic (exact) mass is 655 g/mol. The smallest absolute Gasteiger partial charge is 0.328 e. The van der Waals surface area contributed by atoms with E-state index >= 15 is 4.79 Å². The van der Waals surface area contributed by atoms with Gasteiger partial charge in [0.2, 0.25) is 23.6 Å². The molecule has 2 aliphatic heterocycles. The number of phenols is 1. The van der Waals surface area contributed by atoms with Crippen LogP contribution in [0.25, 0.3) is 0 Å². The zero-order valence-electron chi connectivity index (χ0n) is 25.4. The number of likely N-dealkylation sites (tertiary alicyclic amines) is 1. The molecule has 4 aliphatic rings. The van der Waals surface area contributed by atoms with Crippen LogP contribution in [0.2, 0.25) is 5.02 Å². The van der Waals surface area contributed by atoms with E-state index in [1.54, 1.807) is 60.7 Å². The van der Waals surface area contributed by atoms with Crippen molar-refractivity contribution < 1.29 is 38.6 Å². The Hall–Kier alpha value is -5.16. The fraction of sp³-hybridized carbons (Fsp3) is 0.286. The molecule has 3 N–H and O–H groups in total. The highest BCUT2D eigenvalue weighted by molar-refractivity contribution is 6.32. The maximum Gasteiger partial charge on any atom is 0.328 e. The molecule has 47 heavy (non-hydrogen) atoms. The van der Waals surface area contributed by atoms with Crippen molar-refractivity contribution in [3.63, 3.8) is 0 Å². The summed E-state index contributed by atoms with van der Waals surface area (Å²) < 4.78 is 11.2. The Labute approximate surface area is 274 Å². The largest absolute Gasteiger partial charge is 0.507 e. The number of benzene rings is 3. The van der Waals surface area contributed by atoms with E-state index in [0.29, 0.717) is 26.8 Å². The lowest BCUT2D eigenvalue weighted by molar-refractivity contribution is -0.136. The van der Waals surface area contributed by atoms with Crippen molar-refractivity contribution in [1.29, 1.82) is 0 Å². The lowest BCUT2D eigenvalue weighted by Crippen LogP contribution is -2.53. The molecule has 0 aromatic heterocycles. The topological polar surface area (TPSA) is 157 Å². The second-order valence-electron chi connectivity index (χ2n) is 12.2. The number of imide groups is 4. The molecular formula is C35H30ClN3O8. The van der Waals surface area contributed by atoms with E-state index in [4.69, 9.17) is 26.8 Å². The molecule has 1 saturated carbocycles. The Morgan fingerprint density at radius 1 is 0.936 bits per heavy atom. The summed E-state index contributed by atoms with van der Waals surface area (Å²) in [5.74, 6) is -7.05. The number of fused-ring (bicyclic) bond motifs is 4. The van der Waals surface area contributed by atoms with Crippen molar-refractivity contribution in [1.82, 2.24) is 4.90 Å². The number of aromatic hydroxyl groups is 1. The number of amides is 6. The van der Waals surface area contributed by atoms with E-state index in [0.717, 1.165) is 4.90 Å².